The van der Waals surface area contributed by atoms with Crippen LogP contribution in [0, 0.1) is 6.92 Å². The molecular weight excluding hydrogens is 256 g/mol. The Labute approximate surface area is 117 Å². The second-order valence-electron chi connectivity index (χ2n) is 5.82. The van der Waals surface area contributed by atoms with Crippen LogP contribution in [0.5, 0.6) is 0 Å². The molecule has 1 aliphatic heterocycles. The first kappa shape index (κ1) is 12.1. The molecule has 4 rings (SSSR count). The van der Waals surface area contributed by atoms with Crippen LogP contribution in [0.4, 0.5) is 0 Å². The highest BCUT2D eigenvalue weighted by molar-refractivity contribution is 5.10. The van der Waals surface area contributed by atoms with E-state index in [1.165, 1.54) is 12.8 Å². The van der Waals surface area contributed by atoms with Gasteiger partial charge in [0, 0.05) is 12.0 Å². The van der Waals surface area contributed by atoms with Gasteiger partial charge in [-0.2, -0.15) is 4.98 Å². The standard InChI is InChI=1S/C14H18N4O2/c1-9-7-12(19-16-9)11-3-2-6-18(11)8-13-15-14(17-20-13)10-4-5-10/h7,10-11H,2-6,8H2,1H3/t11-/m1/s1. The molecule has 1 saturated heterocycles. The average molecular weight is 274 g/mol. The first-order chi connectivity index (χ1) is 9.79. The normalized spacial score (nSPS) is 23.6. The van der Waals surface area contributed by atoms with Crippen molar-refractivity contribution >= 4 is 0 Å². The highest BCUT2D eigenvalue weighted by atomic mass is 16.5. The van der Waals surface area contributed by atoms with Gasteiger partial charge in [-0.1, -0.05) is 10.3 Å². The Hall–Kier alpha value is -1.69. The summed E-state index contributed by atoms with van der Waals surface area (Å²) >= 11 is 0. The van der Waals surface area contributed by atoms with Crippen LogP contribution in [0.2, 0.25) is 0 Å². The Morgan fingerprint density at radius 3 is 2.90 bits per heavy atom. The van der Waals surface area contributed by atoms with Gasteiger partial charge < -0.3 is 9.05 Å². The maximum absolute atomic E-state index is 5.41. The van der Waals surface area contributed by atoms with Crippen molar-refractivity contribution in [2.24, 2.45) is 0 Å². The third-order valence-corrected chi connectivity index (χ3v) is 4.10. The highest BCUT2D eigenvalue weighted by Gasteiger charge is 2.32. The van der Waals surface area contributed by atoms with Gasteiger partial charge in [0.2, 0.25) is 5.89 Å². The van der Waals surface area contributed by atoms with Gasteiger partial charge in [0.25, 0.3) is 0 Å². The maximum atomic E-state index is 5.41. The molecule has 20 heavy (non-hydrogen) atoms. The largest absolute Gasteiger partial charge is 0.359 e. The lowest BCUT2D eigenvalue weighted by Crippen LogP contribution is -2.22. The minimum absolute atomic E-state index is 0.285. The van der Waals surface area contributed by atoms with E-state index < -0.39 is 0 Å². The van der Waals surface area contributed by atoms with E-state index >= 15 is 0 Å². The van der Waals surface area contributed by atoms with Crippen molar-refractivity contribution in [3.05, 3.63) is 29.2 Å². The predicted octanol–water partition coefficient (Wildman–Crippen LogP) is 2.58. The minimum Gasteiger partial charge on any atom is -0.359 e. The summed E-state index contributed by atoms with van der Waals surface area (Å²) in [7, 11) is 0. The van der Waals surface area contributed by atoms with Crippen LogP contribution in [0.25, 0.3) is 0 Å². The number of likely N-dealkylation sites (tertiary alicyclic amines) is 1. The van der Waals surface area contributed by atoms with E-state index in [1.54, 1.807) is 0 Å². The van der Waals surface area contributed by atoms with Crippen molar-refractivity contribution in [2.75, 3.05) is 6.54 Å². The van der Waals surface area contributed by atoms with Gasteiger partial charge in [0.15, 0.2) is 11.6 Å². The summed E-state index contributed by atoms with van der Waals surface area (Å²) in [6.07, 6.45) is 4.65. The lowest BCUT2D eigenvalue weighted by atomic mass is 10.1. The molecule has 0 bridgehead atoms. The van der Waals surface area contributed by atoms with Crippen LogP contribution < -0.4 is 0 Å². The molecular formula is C14H18N4O2. The topological polar surface area (TPSA) is 68.2 Å². The molecule has 2 aromatic rings. The Morgan fingerprint density at radius 1 is 1.25 bits per heavy atom. The van der Waals surface area contributed by atoms with Gasteiger partial charge >= 0.3 is 0 Å². The van der Waals surface area contributed by atoms with E-state index in [4.69, 9.17) is 9.05 Å². The SMILES string of the molecule is Cc1cc([C@H]2CCCN2Cc2nc(C3CC3)no2)on1. The Kier molecular flexibility index (Phi) is 2.84. The maximum Gasteiger partial charge on any atom is 0.240 e. The molecule has 2 aliphatic rings. The summed E-state index contributed by atoms with van der Waals surface area (Å²) in [6, 6.07) is 2.30. The molecule has 1 aliphatic carbocycles. The van der Waals surface area contributed by atoms with Gasteiger partial charge in [-0.05, 0) is 39.2 Å². The molecule has 6 heteroatoms. The molecule has 6 nitrogen and oxygen atoms in total. The van der Waals surface area contributed by atoms with E-state index in [0.29, 0.717) is 12.5 Å². The molecule has 0 aromatic carbocycles. The molecule has 1 atom stereocenters. The molecule has 2 aromatic heterocycles. The van der Waals surface area contributed by atoms with Crippen LogP contribution >= 0.6 is 0 Å². The van der Waals surface area contributed by atoms with E-state index in [1.807, 2.05) is 13.0 Å². The fourth-order valence-corrected chi connectivity index (χ4v) is 2.89. The van der Waals surface area contributed by atoms with Crippen LogP contribution in [0.1, 0.15) is 60.8 Å². The Balaban J connectivity index is 1.48. The number of rotatable bonds is 4. The van der Waals surface area contributed by atoms with Gasteiger partial charge in [-0.3, -0.25) is 4.90 Å². The van der Waals surface area contributed by atoms with E-state index in [-0.39, 0.29) is 6.04 Å². The fourth-order valence-electron chi connectivity index (χ4n) is 2.89. The first-order valence-electron chi connectivity index (χ1n) is 7.29. The fraction of sp³-hybridized carbons (Fsp3) is 0.643. The van der Waals surface area contributed by atoms with Crippen LogP contribution in [0.3, 0.4) is 0 Å². The number of nitrogens with zero attached hydrogens (tertiary/aromatic N) is 4. The first-order valence-corrected chi connectivity index (χ1v) is 7.29. The number of hydrogen-bond donors (Lipinski definition) is 0. The van der Waals surface area contributed by atoms with Crippen molar-refractivity contribution in [1.82, 2.24) is 20.2 Å². The zero-order valence-electron chi connectivity index (χ0n) is 11.6. The molecule has 0 N–H and O–H groups in total. The van der Waals surface area contributed by atoms with Gasteiger partial charge in [-0.25, -0.2) is 0 Å². The average Bonchev–Trinajstić information content (AvgIpc) is 2.86. The number of aromatic nitrogens is 3. The third kappa shape index (κ3) is 2.24. The van der Waals surface area contributed by atoms with Crippen molar-refractivity contribution < 1.29 is 9.05 Å². The molecule has 106 valence electrons. The molecule has 0 amide bonds. The molecule has 3 heterocycles. The van der Waals surface area contributed by atoms with Gasteiger partial charge in [0.05, 0.1) is 18.3 Å². The summed E-state index contributed by atoms with van der Waals surface area (Å²) in [5.41, 5.74) is 0.931. The molecule has 2 fully saturated rings. The number of hydrogen-bond acceptors (Lipinski definition) is 6. The highest BCUT2D eigenvalue weighted by Crippen LogP contribution is 2.38. The van der Waals surface area contributed by atoms with E-state index in [9.17, 15) is 0 Å². The molecule has 0 unspecified atom stereocenters. The Morgan fingerprint density at radius 2 is 2.15 bits per heavy atom. The third-order valence-electron chi connectivity index (χ3n) is 4.10. The van der Waals surface area contributed by atoms with Gasteiger partial charge in [-0.15, -0.1) is 0 Å². The van der Waals surface area contributed by atoms with Crippen molar-refractivity contribution in [3.8, 4) is 0 Å². The quantitative estimate of drug-likeness (QED) is 0.853. The summed E-state index contributed by atoms with van der Waals surface area (Å²) in [5, 5.41) is 8.06. The van der Waals surface area contributed by atoms with Crippen LogP contribution in [0.15, 0.2) is 15.1 Å². The lowest BCUT2D eigenvalue weighted by Gasteiger charge is -2.19. The molecule has 1 saturated carbocycles. The summed E-state index contributed by atoms with van der Waals surface area (Å²) in [5.74, 6) is 3.09. The number of aryl methyl sites for hydroxylation is 1. The summed E-state index contributed by atoms with van der Waals surface area (Å²) in [4.78, 5) is 6.84. The van der Waals surface area contributed by atoms with Crippen LogP contribution in [-0.2, 0) is 6.54 Å². The summed E-state index contributed by atoms with van der Waals surface area (Å²) < 4.78 is 10.8. The monoisotopic (exact) mass is 274 g/mol. The zero-order chi connectivity index (χ0) is 13.5. The lowest BCUT2D eigenvalue weighted by molar-refractivity contribution is 0.183. The Bertz CT molecular complexity index is 602. The molecule has 0 radical (unpaired) electrons. The smallest absolute Gasteiger partial charge is 0.240 e. The van der Waals surface area contributed by atoms with Crippen molar-refractivity contribution in [1.29, 1.82) is 0 Å². The van der Waals surface area contributed by atoms with Gasteiger partial charge in [0.1, 0.15) is 0 Å². The van der Waals surface area contributed by atoms with Crippen molar-refractivity contribution in [3.63, 3.8) is 0 Å². The molecule has 0 spiro atoms. The summed E-state index contributed by atoms with van der Waals surface area (Å²) in [6.45, 7) is 3.68. The second kappa shape index (κ2) is 4.70. The van der Waals surface area contributed by atoms with E-state index in [0.717, 1.165) is 42.6 Å². The zero-order valence-corrected chi connectivity index (χ0v) is 11.6. The minimum atomic E-state index is 0.285. The van der Waals surface area contributed by atoms with Crippen LogP contribution in [-0.4, -0.2) is 26.7 Å². The van der Waals surface area contributed by atoms with E-state index in [2.05, 4.69) is 20.2 Å². The predicted molar refractivity (Wildman–Crippen MR) is 69.9 cm³/mol. The van der Waals surface area contributed by atoms with Crippen molar-refractivity contribution in [2.45, 2.75) is 51.1 Å². The second-order valence-corrected chi connectivity index (χ2v) is 5.82.